The number of hydrogen-bond acceptors (Lipinski definition) is 3. The standard InChI is InChI=1S/C19H21FN2O3/c1-13-5-3-4-6-16(13)17(25-2)12-22-19(24)18(23)21-11-14-7-9-15(20)10-8-14/h3-10,17H,11-12H2,1-2H3,(H,21,23)(H,22,24)/t17-/m0/s1. The molecule has 2 aromatic carbocycles. The van der Waals surface area contributed by atoms with Gasteiger partial charge in [-0.25, -0.2) is 4.39 Å². The summed E-state index contributed by atoms with van der Waals surface area (Å²) in [6, 6.07) is 13.4. The van der Waals surface area contributed by atoms with E-state index in [-0.39, 0.29) is 25.0 Å². The number of halogens is 1. The highest BCUT2D eigenvalue weighted by Gasteiger charge is 2.17. The van der Waals surface area contributed by atoms with Gasteiger partial charge in [-0.15, -0.1) is 0 Å². The molecule has 6 heteroatoms. The number of rotatable bonds is 6. The molecule has 0 aliphatic heterocycles. The Morgan fingerprint density at radius 3 is 2.32 bits per heavy atom. The fraction of sp³-hybridized carbons (Fsp3) is 0.263. The average Bonchev–Trinajstić information content (AvgIpc) is 2.62. The number of hydrogen-bond donors (Lipinski definition) is 2. The van der Waals surface area contributed by atoms with Gasteiger partial charge < -0.3 is 15.4 Å². The lowest BCUT2D eigenvalue weighted by molar-refractivity contribution is -0.139. The molecule has 2 aromatic rings. The molecular formula is C19H21FN2O3. The average molecular weight is 344 g/mol. The Hall–Kier alpha value is -2.73. The summed E-state index contributed by atoms with van der Waals surface area (Å²) in [6.07, 6.45) is -0.338. The van der Waals surface area contributed by atoms with Crippen molar-refractivity contribution in [1.82, 2.24) is 10.6 Å². The zero-order chi connectivity index (χ0) is 18.2. The van der Waals surface area contributed by atoms with E-state index in [4.69, 9.17) is 4.74 Å². The number of carbonyl (C=O) groups is 2. The van der Waals surface area contributed by atoms with E-state index in [2.05, 4.69) is 10.6 Å². The smallest absolute Gasteiger partial charge is 0.309 e. The summed E-state index contributed by atoms with van der Waals surface area (Å²) in [5.74, 6) is -1.84. The molecule has 0 radical (unpaired) electrons. The van der Waals surface area contributed by atoms with Crippen molar-refractivity contribution >= 4 is 11.8 Å². The second-order valence-corrected chi connectivity index (χ2v) is 5.60. The van der Waals surface area contributed by atoms with Gasteiger partial charge in [-0.2, -0.15) is 0 Å². The molecule has 132 valence electrons. The molecule has 1 atom stereocenters. The molecule has 0 aromatic heterocycles. The zero-order valence-electron chi connectivity index (χ0n) is 14.2. The number of carbonyl (C=O) groups excluding carboxylic acids is 2. The first-order valence-corrected chi connectivity index (χ1v) is 7.90. The lowest BCUT2D eigenvalue weighted by atomic mass is 10.0. The minimum Gasteiger partial charge on any atom is -0.375 e. The van der Waals surface area contributed by atoms with Crippen molar-refractivity contribution in [3.05, 3.63) is 71.0 Å². The van der Waals surface area contributed by atoms with Gasteiger partial charge in [-0.05, 0) is 35.7 Å². The highest BCUT2D eigenvalue weighted by Crippen LogP contribution is 2.19. The first-order chi connectivity index (χ1) is 12.0. The van der Waals surface area contributed by atoms with Crippen LogP contribution in [-0.4, -0.2) is 25.5 Å². The number of amides is 2. The van der Waals surface area contributed by atoms with Crippen LogP contribution in [0.2, 0.25) is 0 Å². The molecular weight excluding hydrogens is 323 g/mol. The van der Waals surface area contributed by atoms with E-state index in [0.29, 0.717) is 5.56 Å². The first-order valence-electron chi connectivity index (χ1n) is 7.90. The minimum atomic E-state index is -0.746. The summed E-state index contributed by atoms with van der Waals surface area (Å²) in [7, 11) is 1.55. The van der Waals surface area contributed by atoms with Crippen molar-refractivity contribution in [1.29, 1.82) is 0 Å². The van der Waals surface area contributed by atoms with Crippen molar-refractivity contribution in [2.75, 3.05) is 13.7 Å². The molecule has 0 saturated carbocycles. The number of ether oxygens (including phenoxy) is 1. The topological polar surface area (TPSA) is 67.4 Å². The van der Waals surface area contributed by atoms with Gasteiger partial charge >= 0.3 is 11.8 Å². The van der Waals surface area contributed by atoms with E-state index >= 15 is 0 Å². The van der Waals surface area contributed by atoms with E-state index in [1.54, 1.807) is 19.2 Å². The summed E-state index contributed by atoms with van der Waals surface area (Å²) < 4.78 is 18.2. The fourth-order valence-electron chi connectivity index (χ4n) is 2.40. The molecule has 0 saturated heterocycles. The molecule has 2 N–H and O–H groups in total. The predicted octanol–water partition coefficient (Wildman–Crippen LogP) is 2.25. The van der Waals surface area contributed by atoms with Crippen LogP contribution in [0.15, 0.2) is 48.5 Å². The number of benzene rings is 2. The maximum Gasteiger partial charge on any atom is 0.309 e. The number of nitrogens with one attached hydrogen (secondary N) is 2. The molecule has 0 heterocycles. The maximum atomic E-state index is 12.8. The van der Waals surface area contributed by atoms with E-state index in [9.17, 15) is 14.0 Å². The van der Waals surface area contributed by atoms with Crippen molar-refractivity contribution < 1.29 is 18.7 Å². The van der Waals surface area contributed by atoms with Gasteiger partial charge in [0.1, 0.15) is 5.82 Å². The van der Waals surface area contributed by atoms with E-state index in [1.807, 2.05) is 31.2 Å². The molecule has 25 heavy (non-hydrogen) atoms. The van der Waals surface area contributed by atoms with Crippen LogP contribution in [0.5, 0.6) is 0 Å². The van der Waals surface area contributed by atoms with Gasteiger partial charge in [0, 0.05) is 20.2 Å². The molecule has 2 rings (SSSR count). The molecule has 5 nitrogen and oxygen atoms in total. The number of methoxy groups -OCH3 is 1. The Balaban J connectivity index is 1.85. The Kier molecular flexibility index (Phi) is 6.65. The normalized spacial score (nSPS) is 11.6. The van der Waals surface area contributed by atoms with Crippen LogP contribution in [0.4, 0.5) is 4.39 Å². The van der Waals surface area contributed by atoms with Crippen LogP contribution in [0.3, 0.4) is 0 Å². The van der Waals surface area contributed by atoms with Crippen molar-refractivity contribution in [3.63, 3.8) is 0 Å². The SMILES string of the molecule is CO[C@@H](CNC(=O)C(=O)NCc1ccc(F)cc1)c1ccccc1C. The lowest BCUT2D eigenvalue weighted by Crippen LogP contribution is -2.41. The van der Waals surface area contributed by atoms with E-state index in [0.717, 1.165) is 11.1 Å². The number of aryl methyl sites for hydroxylation is 1. The van der Waals surface area contributed by atoms with Gasteiger partial charge in [0.15, 0.2) is 0 Å². The van der Waals surface area contributed by atoms with Gasteiger partial charge in [0.2, 0.25) is 0 Å². The molecule has 0 spiro atoms. The Morgan fingerprint density at radius 2 is 1.68 bits per heavy atom. The van der Waals surface area contributed by atoms with Crippen LogP contribution in [0.25, 0.3) is 0 Å². The highest BCUT2D eigenvalue weighted by atomic mass is 19.1. The molecule has 0 aliphatic carbocycles. The molecule has 2 amide bonds. The zero-order valence-corrected chi connectivity index (χ0v) is 14.2. The monoisotopic (exact) mass is 344 g/mol. The molecule has 0 unspecified atom stereocenters. The minimum absolute atomic E-state index is 0.151. The van der Waals surface area contributed by atoms with Crippen molar-refractivity contribution in [2.45, 2.75) is 19.6 Å². The molecule has 0 aliphatic rings. The van der Waals surface area contributed by atoms with Crippen molar-refractivity contribution in [2.24, 2.45) is 0 Å². The van der Waals surface area contributed by atoms with E-state index in [1.165, 1.54) is 12.1 Å². The summed E-state index contributed by atoms with van der Waals surface area (Å²) in [5.41, 5.74) is 2.71. The summed E-state index contributed by atoms with van der Waals surface area (Å²) >= 11 is 0. The van der Waals surface area contributed by atoms with Crippen LogP contribution in [0, 0.1) is 12.7 Å². The van der Waals surface area contributed by atoms with Gasteiger partial charge in [0.25, 0.3) is 0 Å². The third kappa shape index (κ3) is 5.39. The quantitative estimate of drug-likeness (QED) is 0.790. The Bertz CT molecular complexity index is 732. The summed E-state index contributed by atoms with van der Waals surface area (Å²) in [4.78, 5) is 23.8. The van der Waals surface area contributed by atoms with E-state index < -0.39 is 11.8 Å². The second kappa shape index (κ2) is 8.94. The third-order valence-electron chi connectivity index (χ3n) is 3.84. The lowest BCUT2D eigenvalue weighted by Gasteiger charge is -2.18. The van der Waals surface area contributed by atoms with Crippen LogP contribution >= 0.6 is 0 Å². The third-order valence-corrected chi connectivity index (χ3v) is 3.84. The van der Waals surface area contributed by atoms with Gasteiger partial charge in [0.05, 0.1) is 6.10 Å². The summed E-state index contributed by atoms with van der Waals surface area (Å²) in [5, 5.41) is 5.07. The maximum absolute atomic E-state index is 12.8. The molecule has 0 bridgehead atoms. The first kappa shape index (κ1) is 18.6. The summed E-state index contributed by atoms with van der Waals surface area (Å²) in [6.45, 7) is 2.29. The molecule has 0 fully saturated rings. The van der Waals surface area contributed by atoms with Crippen LogP contribution < -0.4 is 10.6 Å². The predicted molar refractivity (Wildman–Crippen MR) is 92.2 cm³/mol. The largest absolute Gasteiger partial charge is 0.375 e. The Labute approximate surface area is 146 Å². The highest BCUT2D eigenvalue weighted by molar-refractivity contribution is 6.35. The second-order valence-electron chi connectivity index (χ2n) is 5.60. The fourth-order valence-corrected chi connectivity index (χ4v) is 2.40. The Morgan fingerprint density at radius 1 is 1.04 bits per heavy atom. The van der Waals surface area contributed by atoms with Gasteiger partial charge in [-0.3, -0.25) is 9.59 Å². The van der Waals surface area contributed by atoms with Crippen LogP contribution in [0.1, 0.15) is 22.8 Å². The van der Waals surface area contributed by atoms with Crippen LogP contribution in [-0.2, 0) is 20.9 Å². The van der Waals surface area contributed by atoms with Crippen molar-refractivity contribution in [3.8, 4) is 0 Å². The van der Waals surface area contributed by atoms with Gasteiger partial charge in [-0.1, -0.05) is 36.4 Å².